The molecule has 4 nitrogen and oxygen atoms in total. The second-order valence-electron chi connectivity index (χ2n) is 3.24. The first-order valence-corrected chi connectivity index (χ1v) is 5.47. The molecule has 0 aliphatic heterocycles. The zero-order valence-corrected chi connectivity index (χ0v) is 10.1. The topological polar surface area (TPSA) is 44.2 Å². The highest BCUT2D eigenvalue weighted by Gasteiger charge is 2.02. The van der Waals surface area contributed by atoms with Crippen molar-refractivity contribution in [1.29, 1.82) is 0 Å². The van der Waals surface area contributed by atoms with Crippen LogP contribution in [0.5, 0.6) is 17.5 Å². The molecule has 0 bridgehead atoms. The van der Waals surface area contributed by atoms with Gasteiger partial charge in [0.05, 0.1) is 6.07 Å². The Morgan fingerprint density at radius 2 is 1.89 bits per heavy atom. The molecule has 0 spiro atoms. The predicted molar refractivity (Wildman–Crippen MR) is 67.9 cm³/mol. The van der Waals surface area contributed by atoms with E-state index in [-0.39, 0.29) is 6.61 Å². The number of rotatable bonds is 4. The van der Waals surface area contributed by atoms with Crippen molar-refractivity contribution in [2.75, 3.05) is 6.61 Å². The van der Waals surface area contributed by atoms with E-state index >= 15 is 0 Å². The van der Waals surface area contributed by atoms with Crippen LogP contribution in [-0.4, -0.2) is 16.6 Å². The fourth-order valence-corrected chi connectivity index (χ4v) is 1.32. The number of hydrogen-bond donors (Lipinski definition) is 0. The molecule has 0 atom stereocenters. The first kappa shape index (κ1) is 12.2. The van der Waals surface area contributed by atoms with Crippen molar-refractivity contribution >= 4 is 11.6 Å². The van der Waals surface area contributed by atoms with Crippen LogP contribution in [0, 0.1) is 12.3 Å². The van der Waals surface area contributed by atoms with E-state index in [1.165, 1.54) is 6.33 Å². The van der Waals surface area contributed by atoms with Crippen molar-refractivity contribution in [2.24, 2.45) is 0 Å². The Labute approximate surface area is 110 Å². The molecule has 5 heteroatoms. The third-order valence-corrected chi connectivity index (χ3v) is 2.21. The minimum atomic E-state index is 0.150. The molecular formula is C13H9ClN2O2. The lowest BCUT2D eigenvalue weighted by molar-refractivity contribution is 0.350. The maximum atomic E-state index is 5.78. The fraction of sp³-hybridized carbons (Fsp3) is 0.0769. The second-order valence-corrected chi connectivity index (χ2v) is 3.68. The van der Waals surface area contributed by atoms with Crippen LogP contribution in [0.1, 0.15) is 0 Å². The Balaban J connectivity index is 2.09. The number of aromatic nitrogens is 2. The molecule has 18 heavy (non-hydrogen) atoms. The average molecular weight is 261 g/mol. The van der Waals surface area contributed by atoms with Gasteiger partial charge in [0.25, 0.3) is 0 Å². The number of hydrogen-bond acceptors (Lipinski definition) is 4. The van der Waals surface area contributed by atoms with Gasteiger partial charge in [-0.2, -0.15) is 0 Å². The lowest BCUT2D eigenvalue weighted by Gasteiger charge is -2.05. The van der Waals surface area contributed by atoms with Crippen LogP contribution in [0.15, 0.2) is 36.7 Å². The summed E-state index contributed by atoms with van der Waals surface area (Å²) >= 11 is 5.78. The second kappa shape index (κ2) is 5.89. The van der Waals surface area contributed by atoms with Gasteiger partial charge in [-0.3, -0.25) is 0 Å². The molecule has 2 rings (SSSR count). The van der Waals surface area contributed by atoms with Crippen LogP contribution in [0.3, 0.4) is 0 Å². The highest BCUT2D eigenvalue weighted by Crippen LogP contribution is 2.22. The molecule has 2 aromatic rings. The van der Waals surface area contributed by atoms with Gasteiger partial charge >= 0.3 is 0 Å². The van der Waals surface area contributed by atoms with Crippen molar-refractivity contribution in [3.63, 3.8) is 0 Å². The van der Waals surface area contributed by atoms with Gasteiger partial charge in [0, 0.05) is 5.02 Å². The van der Waals surface area contributed by atoms with E-state index in [0.29, 0.717) is 22.5 Å². The van der Waals surface area contributed by atoms with Gasteiger partial charge in [0.2, 0.25) is 11.8 Å². The van der Waals surface area contributed by atoms with Crippen LogP contribution in [0.25, 0.3) is 0 Å². The van der Waals surface area contributed by atoms with E-state index < -0.39 is 0 Å². The highest BCUT2D eigenvalue weighted by molar-refractivity contribution is 6.30. The zero-order chi connectivity index (χ0) is 12.8. The molecule has 0 amide bonds. The molecule has 0 aliphatic carbocycles. The van der Waals surface area contributed by atoms with E-state index in [9.17, 15) is 0 Å². The molecular weight excluding hydrogens is 252 g/mol. The molecule has 0 saturated heterocycles. The van der Waals surface area contributed by atoms with Crippen molar-refractivity contribution < 1.29 is 9.47 Å². The minimum Gasteiger partial charge on any atom is -0.464 e. The third kappa shape index (κ3) is 3.37. The van der Waals surface area contributed by atoms with Gasteiger partial charge in [0.1, 0.15) is 12.1 Å². The lowest BCUT2D eigenvalue weighted by Crippen LogP contribution is -1.97. The average Bonchev–Trinajstić information content (AvgIpc) is 2.40. The summed E-state index contributed by atoms with van der Waals surface area (Å²) in [6, 6.07) is 8.51. The normalized spacial score (nSPS) is 9.56. The summed E-state index contributed by atoms with van der Waals surface area (Å²) < 4.78 is 10.7. The molecule has 0 aliphatic rings. The standard InChI is InChI=1S/C13H9ClN2O2/c1-2-7-17-12-8-13(16-9-15-12)18-11-5-3-10(14)4-6-11/h1,3-6,8-9H,7H2. The van der Waals surface area contributed by atoms with Crippen LogP contribution in [0.2, 0.25) is 5.02 Å². The Hall–Kier alpha value is -2.25. The van der Waals surface area contributed by atoms with Gasteiger partial charge < -0.3 is 9.47 Å². The third-order valence-electron chi connectivity index (χ3n) is 1.96. The summed E-state index contributed by atoms with van der Waals surface area (Å²) in [5.41, 5.74) is 0. The van der Waals surface area contributed by atoms with E-state index in [1.54, 1.807) is 30.3 Å². The zero-order valence-electron chi connectivity index (χ0n) is 9.34. The summed E-state index contributed by atoms with van der Waals surface area (Å²) in [6.45, 7) is 0.150. The maximum Gasteiger partial charge on any atom is 0.226 e. The van der Waals surface area contributed by atoms with E-state index in [4.69, 9.17) is 27.5 Å². The van der Waals surface area contributed by atoms with E-state index in [0.717, 1.165) is 0 Å². The molecule has 1 aromatic carbocycles. The van der Waals surface area contributed by atoms with Crippen molar-refractivity contribution in [1.82, 2.24) is 9.97 Å². The number of halogens is 1. The van der Waals surface area contributed by atoms with Gasteiger partial charge in [-0.1, -0.05) is 17.5 Å². The number of ether oxygens (including phenoxy) is 2. The van der Waals surface area contributed by atoms with Crippen molar-refractivity contribution in [2.45, 2.75) is 0 Å². The Morgan fingerprint density at radius 3 is 2.61 bits per heavy atom. The summed E-state index contributed by atoms with van der Waals surface area (Å²) in [5, 5.41) is 0.642. The van der Waals surface area contributed by atoms with Crippen LogP contribution < -0.4 is 9.47 Å². The number of benzene rings is 1. The molecule has 0 unspecified atom stereocenters. The van der Waals surface area contributed by atoms with Gasteiger partial charge in [-0.15, -0.1) is 6.42 Å². The SMILES string of the molecule is C#CCOc1cc(Oc2ccc(Cl)cc2)ncn1. The van der Waals surface area contributed by atoms with Crippen molar-refractivity contribution in [3.05, 3.63) is 41.7 Å². The lowest BCUT2D eigenvalue weighted by atomic mass is 10.3. The van der Waals surface area contributed by atoms with Crippen LogP contribution >= 0.6 is 11.6 Å². The van der Waals surface area contributed by atoms with E-state index in [1.807, 2.05) is 0 Å². The number of terminal acetylenes is 1. The van der Waals surface area contributed by atoms with Gasteiger partial charge in [-0.25, -0.2) is 9.97 Å². The Kier molecular flexibility index (Phi) is 4.00. The highest BCUT2D eigenvalue weighted by atomic mass is 35.5. The summed E-state index contributed by atoms with van der Waals surface area (Å²) in [4.78, 5) is 7.87. The maximum absolute atomic E-state index is 5.78. The molecule has 0 N–H and O–H groups in total. The summed E-state index contributed by atoms with van der Waals surface area (Å²) in [5.74, 6) is 3.72. The molecule has 1 heterocycles. The predicted octanol–water partition coefficient (Wildman–Crippen LogP) is 2.93. The first-order chi connectivity index (χ1) is 8.78. The molecule has 0 radical (unpaired) electrons. The Morgan fingerprint density at radius 1 is 1.17 bits per heavy atom. The number of nitrogens with zero attached hydrogens (tertiary/aromatic N) is 2. The summed E-state index contributed by atoms with van der Waals surface area (Å²) in [7, 11) is 0. The van der Waals surface area contributed by atoms with Crippen molar-refractivity contribution in [3.8, 4) is 29.9 Å². The van der Waals surface area contributed by atoms with Gasteiger partial charge in [-0.05, 0) is 24.3 Å². The van der Waals surface area contributed by atoms with E-state index in [2.05, 4.69) is 15.9 Å². The fourth-order valence-electron chi connectivity index (χ4n) is 1.20. The monoisotopic (exact) mass is 260 g/mol. The smallest absolute Gasteiger partial charge is 0.226 e. The first-order valence-electron chi connectivity index (χ1n) is 5.09. The molecule has 90 valence electrons. The van der Waals surface area contributed by atoms with Crippen LogP contribution in [0.4, 0.5) is 0 Å². The largest absolute Gasteiger partial charge is 0.464 e. The van der Waals surface area contributed by atoms with Crippen LogP contribution in [-0.2, 0) is 0 Å². The molecule has 1 aromatic heterocycles. The Bertz CT molecular complexity index is 564. The molecule has 0 fully saturated rings. The minimum absolute atomic E-state index is 0.150. The molecule has 0 saturated carbocycles. The summed E-state index contributed by atoms with van der Waals surface area (Å²) in [6.07, 6.45) is 6.43. The quantitative estimate of drug-likeness (QED) is 0.793. The van der Waals surface area contributed by atoms with Gasteiger partial charge in [0.15, 0.2) is 6.61 Å².